The van der Waals surface area contributed by atoms with E-state index in [2.05, 4.69) is 460 Å². The van der Waals surface area contributed by atoms with Crippen LogP contribution < -0.4 is 98.4 Å². The molecule has 0 saturated heterocycles. The lowest BCUT2D eigenvalue weighted by atomic mass is 9.71. The normalized spacial score (nSPS) is 22.5. The van der Waals surface area contributed by atoms with Gasteiger partial charge in [0.2, 0.25) is 17.4 Å². The fourth-order valence-corrected chi connectivity index (χ4v) is 47.9. The Morgan fingerprint density at radius 1 is 0.345 bits per heavy atom. The van der Waals surface area contributed by atoms with Crippen molar-refractivity contribution in [2.24, 2.45) is 70.0 Å². The SMILES string of the molecule is CC(C)[C@@H]1CC[C@@H](C)CC1[P+](=O)c1cc(C(C)(C)C)cc2c1Oc1c(P(c3ccccc3)c3ccccc3)cc(C(C)(C)C)cc1C2(C)C.CC(C)[C@@H]1CC[C@@H](C)C[C@H]1[P+](=O)c1ccc2c(c1P(c1ccccc1)c1ccccc1)OCO2.CC(C)[C@@H]1CC[C@@H](C)C[C@H]1[P+](=O)c1sc2ccccc2c1P(c1ccccc1)c1ccccc1.CC1(C)C2CCC1(C)C([P+](=O)c1ccccc1P(c1ccccc1)c1ccccc1)C2. The van der Waals surface area contributed by atoms with Crippen molar-refractivity contribution in [3.8, 4) is 23.0 Å². The maximum Gasteiger partial charge on any atom is 0.391 e. The van der Waals surface area contributed by atoms with Crippen LogP contribution in [-0.4, -0.2) is 29.4 Å². The molecule has 5 saturated carbocycles. The van der Waals surface area contributed by atoms with Gasteiger partial charge in [-0.2, -0.15) is 0 Å². The summed E-state index contributed by atoms with van der Waals surface area (Å²) < 4.78 is 80.3. The molecule has 14 aromatic rings. The first-order valence-corrected chi connectivity index (χ1v) is 66.1. The summed E-state index contributed by atoms with van der Waals surface area (Å²) in [6, 6.07) is 117. The molecule has 3 heterocycles. The Hall–Kier alpha value is -8.66. The summed E-state index contributed by atoms with van der Waals surface area (Å²) in [6.07, 6.45) is 14.0. The van der Waals surface area contributed by atoms with Gasteiger partial charge in [-0.3, -0.25) is 0 Å². The standard InChI is InChI=1S/C45H57O2P2.C30H33OP2S.C29H33O3P2.C28H31OP2/c1-29(2)35-23-22-30(3)24-38(35)49(46)40-28-32(44(7,8)9)26-37-42(40)47-41-36(45(37,10)11)25-31(43(4,5)6)27-39(41)48(33-18-14-12-15-19-33)34-20-16-13-17-21-34;1-21(2)25-19-18-22(3)20-27(25)33(31)30-29(26-16-10-11-17-28(26)34-30)32(23-12-6-4-7-13-23)24-14-8-5-9-15-24;1-20(2)24-15-14-21(3)18-27(24)34(30)26-17-16-25-28(32-19-31-25)29(26)33(22-10-6-4-7-11-22)23-12-8-5-9-13-23;1-27(2)21-18-19-28(27,3)26(20-21)31(29)25-17-11-10-16-24(25)30(22-12-6-4-7-13-22)23-14-8-5-9-15-23/h12-21,25-30,35,38H,22-24H2,1-11H3;4-17,21-22,25,27H,18-20H2,1-3H3;4-13,16-17,20-21,24,27H,14-15,18-19H2,1-3H3;4-17,21,26H,18-20H2,1-3H3/q4*+1/t30-,35+,38?;22-,25+,27-;21-,24+,27-;/m111./s1. The van der Waals surface area contributed by atoms with Gasteiger partial charge < -0.3 is 14.2 Å². The largest absolute Gasteiger partial charge is 0.454 e. The second-order valence-electron chi connectivity index (χ2n) is 47.5. The number of hydrogen-bond donors (Lipinski definition) is 0. The Kier molecular flexibility index (Phi) is 34.4. The predicted molar refractivity (Wildman–Crippen MR) is 646 cm³/mol. The molecule has 0 radical (unpaired) electrons. The maximum absolute atomic E-state index is 15.3. The lowest BCUT2D eigenvalue weighted by Gasteiger charge is -2.39. The molecular weight excluding hydrogens is 1980 g/mol. The lowest BCUT2D eigenvalue weighted by molar-refractivity contribution is 0.155. The third-order valence-corrected chi connectivity index (χ3v) is 54.8. The van der Waals surface area contributed by atoms with Gasteiger partial charge in [0.25, 0.3) is 4.62 Å². The van der Waals surface area contributed by atoms with Crippen LogP contribution in [0.5, 0.6) is 23.0 Å². The number of thiophene rings is 1. The van der Waals surface area contributed by atoms with Crippen LogP contribution in [-0.2, 0) is 34.5 Å². The van der Waals surface area contributed by atoms with Crippen LogP contribution in [0, 0.1) is 70.0 Å². The van der Waals surface area contributed by atoms with E-state index in [-0.39, 0.29) is 56.5 Å². The minimum atomic E-state index is -1.71. The molecule has 16 heteroatoms. The quantitative estimate of drug-likeness (QED) is 0.0589. The monoisotopic (exact) mass is 2130 g/mol. The third kappa shape index (κ3) is 22.8. The highest BCUT2D eigenvalue weighted by Crippen LogP contribution is 2.71. The van der Waals surface area contributed by atoms with Crippen LogP contribution in [0.15, 0.2) is 328 Å². The molecule has 8 unspecified atom stereocenters. The summed E-state index contributed by atoms with van der Waals surface area (Å²) >= 11 is 1.79. The molecule has 1 aromatic heterocycles. The van der Waals surface area contributed by atoms with Crippen molar-refractivity contribution in [3.05, 3.63) is 350 Å². The highest BCUT2D eigenvalue weighted by molar-refractivity contribution is 7.84. The van der Waals surface area contributed by atoms with E-state index in [4.69, 9.17) is 14.2 Å². The van der Waals surface area contributed by atoms with E-state index in [9.17, 15) is 13.7 Å². The Morgan fingerprint density at radius 2 is 0.716 bits per heavy atom. The van der Waals surface area contributed by atoms with E-state index in [1.54, 1.807) is 11.3 Å². The zero-order valence-electron chi connectivity index (χ0n) is 90.8. The zero-order chi connectivity index (χ0) is 104. The van der Waals surface area contributed by atoms with E-state index < -0.39 is 62.9 Å². The smallest absolute Gasteiger partial charge is 0.391 e. The van der Waals surface area contributed by atoms with Crippen LogP contribution in [0.4, 0.5) is 0 Å². The second-order valence-corrected chi connectivity index (χ2v) is 64.7. The molecule has 766 valence electrons. The molecule has 0 N–H and O–H groups in total. The van der Waals surface area contributed by atoms with Crippen molar-refractivity contribution in [1.29, 1.82) is 0 Å². The summed E-state index contributed by atoms with van der Waals surface area (Å²) in [4.78, 5) is 0. The van der Waals surface area contributed by atoms with Crippen molar-refractivity contribution in [1.82, 2.24) is 0 Å². The molecular formula is C132H154O7P8S+4. The molecule has 0 amide bonds. The van der Waals surface area contributed by atoms with Gasteiger partial charge >= 0.3 is 31.2 Å². The molecule has 5 aliphatic carbocycles. The van der Waals surface area contributed by atoms with E-state index >= 15 is 4.57 Å². The van der Waals surface area contributed by atoms with Gasteiger partial charge in [0.05, 0.1) is 10.6 Å². The molecule has 7 nitrogen and oxygen atoms in total. The number of benzene rings is 13. The predicted octanol–water partition coefficient (Wildman–Crippen LogP) is 31.2. The highest BCUT2D eigenvalue weighted by atomic mass is 32.1. The molecule has 16 atom stereocenters. The molecule has 2 bridgehead atoms. The van der Waals surface area contributed by atoms with Gasteiger partial charge in [-0.1, -0.05) is 472 Å². The lowest BCUT2D eigenvalue weighted by Crippen LogP contribution is -2.37. The molecule has 13 aromatic carbocycles. The van der Waals surface area contributed by atoms with Gasteiger partial charge in [0.15, 0.2) is 45.2 Å². The van der Waals surface area contributed by atoms with Crippen LogP contribution in [0.1, 0.15) is 238 Å². The summed E-state index contributed by atoms with van der Waals surface area (Å²) in [5.74, 6) is 8.97. The first-order chi connectivity index (χ1) is 71.0. The van der Waals surface area contributed by atoms with Gasteiger partial charge in [0, 0.05) is 60.4 Å². The number of fused-ring (bicyclic) bond motifs is 6. The van der Waals surface area contributed by atoms with Crippen LogP contribution in [0.2, 0.25) is 0 Å². The molecule has 2 aliphatic heterocycles. The number of hydrogen-bond acceptors (Lipinski definition) is 8. The third-order valence-electron chi connectivity index (χ3n) is 34.2. The van der Waals surface area contributed by atoms with Crippen molar-refractivity contribution >= 4 is 168 Å². The average Bonchev–Trinajstić information content (AvgIpc) is 1.55. The molecule has 21 rings (SSSR count). The van der Waals surface area contributed by atoms with Crippen molar-refractivity contribution in [3.63, 3.8) is 0 Å². The number of ether oxygens (including phenoxy) is 3. The molecule has 0 spiro atoms. The van der Waals surface area contributed by atoms with E-state index in [1.807, 2.05) is 6.07 Å². The van der Waals surface area contributed by atoms with Gasteiger partial charge in [-0.25, -0.2) is 0 Å². The molecule has 148 heavy (non-hydrogen) atoms. The fourth-order valence-electron chi connectivity index (χ4n) is 25.1. The number of rotatable bonds is 23. The summed E-state index contributed by atoms with van der Waals surface area (Å²) in [5.41, 5.74) is 5.76. The Bertz CT molecular complexity index is 6830. The van der Waals surface area contributed by atoms with Crippen LogP contribution in [0.3, 0.4) is 0 Å². The first-order valence-electron chi connectivity index (χ1n) is 54.6. The topological polar surface area (TPSA) is 96.0 Å². The van der Waals surface area contributed by atoms with Crippen LogP contribution >= 0.6 is 74.2 Å². The van der Waals surface area contributed by atoms with E-state index in [1.165, 1.54) is 124 Å². The first kappa shape index (κ1) is 109. The average molecular weight is 2130 g/mol. The maximum atomic E-state index is 15.3. The Labute approximate surface area is 898 Å². The van der Waals surface area contributed by atoms with Crippen molar-refractivity contribution < 1.29 is 32.5 Å². The van der Waals surface area contributed by atoms with Gasteiger partial charge in [0.1, 0.15) is 5.75 Å². The van der Waals surface area contributed by atoms with E-state index in [0.29, 0.717) is 59.2 Å². The van der Waals surface area contributed by atoms with Crippen LogP contribution in [0.25, 0.3) is 10.1 Å². The summed E-state index contributed by atoms with van der Waals surface area (Å²) in [5, 5.41) is 19.5. The van der Waals surface area contributed by atoms with E-state index in [0.717, 1.165) is 92.9 Å². The summed E-state index contributed by atoms with van der Waals surface area (Å²) in [7, 11) is -9.70. The molecule has 7 aliphatic rings. The summed E-state index contributed by atoms with van der Waals surface area (Å²) in [6.45, 7) is 46.8. The van der Waals surface area contributed by atoms with Gasteiger partial charge in [-0.05, 0) is 243 Å². The molecule has 5 fully saturated rings. The second kappa shape index (κ2) is 46.7. The fraction of sp³-hybridized carbons (Fsp3) is 0.394. The Balaban J connectivity index is 0.000000131. The Morgan fingerprint density at radius 3 is 1.13 bits per heavy atom. The van der Waals surface area contributed by atoms with Crippen molar-refractivity contribution in [2.75, 3.05) is 6.79 Å². The highest BCUT2D eigenvalue weighted by Gasteiger charge is 2.68. The minimum absolute atomic E-state index is 0.0557. The minimum Gasteiger partial charge on any atom is -0.454 e. The zero-order valence-corrected chi connectivity index (χ0v) is 98.8. The van der Waals surface area contributed by atoms with Gasteiger partial charge in [-0.15, -0.1) is 0 Å². The van der Waals surface area contributed by atoms with Crippen molar-refractivity contribution in [2.45, 2.75) is 254 Å².